The molecule has 0 bridgehead atoms. The van der Waals surface area contributed by atoms with Crippen molar-refractivity contribution >= 4 is 16.7 Å². The van der Waals surface area contributed by atoms with Gasteiger partial charge < -0.3 is 9.47 Å². The first kappa shape index (κ1) is 15.6. The van der Waals surface area contributed by atoms with E-state index in [0.717, 1.165) is 23.8 Å². The second-order valence-corrected chi connectivity index (χ2v) is 6.65. The lowest BCUT2D eigenvalue weighted by Crippen LogP contribution is -2.33. The van der Waals surface area contributed by atoms with Gasteiger partial charge in [-0.15, -0.1) is 0 Å². The number of aromatic nitrogens is 1. The molecule has 0 spiro atoms. The molecule has 4 nitrogen and oxygen atoms in total. The molecule has 4 rings (SSSR count). The Labute approximate surface area is 146 Å². The first-order valence-electron chi connectivity index (χ1n) is 8.58. The van der Waals surface area contributed by atoms with Crippen LogP contribution in [0.4, 0.5) is 0 Å². The van der Waals surface area contributed by atoms with Gasteiger partial charge in [0.05, 0.1) is 5.56 Å². The number of rotatable bonds is 4. The number of amides is 1. The van der Waals surface area contributed by atoms with Gasteiger partial charge in [-0.25, -0.2) is 0 Å². The van der Waals surface area contributed by atoms with E-state index in [4.69, 9.17) is 0 Å². The molecule has 0 aliphatic heterocycles. The van der Waals surface area contributed by atoms with E-state index in [9.17, 15) is 9.59 Å². The molecule has 1 aromatic heterocycles. The maximum atomic E-state index is 13.3. The Balaban J connectivity index is 1.77. The van der Waals surface area contributed by atoms with Gasteiger partial charge in [0.1, 0.15) is 0 Å². The summed E-state index contributed by atoms with van der Waals surface area (Å²) in [7, 11) is 1.70. The minimum atomic E-state index is -0.0758. The molecule has 2 aromatic carbocycles. The van der Waals surface area contributed by atoms with Gasteiger partial charge in [-0.05, 0) is 24.5 Å². The molecule has 1 fully saturated rings. The number of hydrogen-bond acceptors (Lipinski definition) is 2. The summed E-state index contributed by atoms with van der Waals surface area (Å²) in [5.41, 5.74) is 1.64. The fourth-order valence-corrected chi connectivity index (χ4v) is 3.27. The fraction of sp³-hybridized carbons (Fsp3) is 0.238. The second kappa shape index (κ2) is 6.20. The van der Waals surface area contributed by atoms with Gasteiger partial charge >= 0.3 is 0 Å². The fourth-order valence-electron chi connectivity index (χ4n) is 3.27. The molecule has 4 heteroatoms. The average Bonchev–Trinajstić information content (AvgIpc) is 3.48. The van der Waals surface area contributed by atoms with E-state index >= 15 is 0 Å². The average molecular weight is 332 g/mol. The van der Waals surface area contributed by atoms with Crippen molar-refractivity contribution in [1.29, 1.82) is 0 Å². The van der Waals surface area contributed by atoms with Crippen LogP contribution in [0.15, 0.2) is 65.6 Å². The molecular formula is C21H20N2O2. The van der Waals surface area contributed by atoms with Crippen molar-refractivity contribution in [3.8, 4) is 0 Å². The zero-order valence-electron chi connectivity index (χ0n) is 14.2. The molecule has 1 aliphatic carbocycles. The Morgan fingerprint density at radius 3 is 2.36 bits per heavy atom. The minimum absolute atomic E-state index is 0.00171. The van der Waals surface area contributed by atoms with Crippen molar-refractivity contribution in [2.24, 2.45) is 7.05 Å². The molecular weight excluding hydrogens is 312 g/mol. The predicted octanol–water partition coefficient (Wildman–Crippen LogP) is 3.34. The zero-order valence-corrected chi connectivity index (χ0v) is 14.2. The van der Waals surface area contributed by atoms with Gasteiger partial charge in [-0.1, -0.05) is 48.5 Å². The number of fused-ring (bicyclic) bond motifs is 1. The molecule has 0 unspecified atom stereocenters. The Morgan fingerprint density at radius 2 is 1.68 bits per heavy atom. The minimum Gasteiger partial charge on any atom is -0.331 e. The van der Waals surface area contributed by atoms with E-state index < -0.39 is 0 Å². The van der Waals surface area contributed by atoms with Crippen molar-refractivity contribution < 1.29 is 4.79 Å². The van der Waals surface area contributed by atoms with Crippen molar-refractivity contribution in [3.05, 3.63) is 82.3 Å². The predicted molar refractivity (Wildman–Crippen MR) is 98.5 cm³/mol. The summed E-state index contributed by atoms with van der Waals surface area (Å²) in [5, 5.41) is 1.32. The number of hydrogen-bond donors (Lipinski definition) is 0. The standard InChI is InChI=1S/C21H20N2O2/c1-22-14-19(17-9-5-6-10-18(17)20(22)24)21(25)23(16-11-12-16)13-15-7-3-2-4-8-15/h2-10,14,16H,11-13H2,1H3. The molecule has 0 radical (unpaired) electrons. The van der Waals surface area contributed by atoms with Crippen LogP contribution in [0.3, 0.4) is 0 Å². The molecule has 25 heavy (non-hydrogen) atoms. The molecule has 1 aliphatic rings. The van der Waals surface area contributed by atoms with Crippen molar-refractivity contribution in [2.75, 3.05) is 0 Å². The van der Waals surface area contributed by atoms with Crippen LogP contribution in [0.1, 0.15) is 28.8 Å². The van der Waals surface area contributed by atoms with Gasteiger partial charge in [-0.2, -0.15) is 0 Å². The first-order valence-corrected chi connectivity index (χ1v) is 8.58. The lowest BCUT2D eigenvalue weighted by molar-refractivity contribution is 0.0731. The van der Waals surface area contributed by atoms with Crippen LogP contribution in [-0.2, 0) is 13.6 Å². The Bertz CT molecular complexity index is 988. The highest BCUT2D eigenvalue weighted by Crippen LogP contribution is 2.31. The number of aryl methyl sites for hydroxylation is 1. The van der Waals surface area contributed by atoms with E-state index in [1.165, 1.54) is 4.57 Å². The summed E-state index contributed by atoms with van der Waals surface area (Å²) < 4.78 is 1.50. The van der Waals surface area contributed by atoms with E-state index in [2.05, 4.69) is 0 Å². The van der Waals surface area contributed by atoms with Crippen LogP contribution < -0.4 is 5.56 Å². The van der Waals surface area contributed by atoms with Crippen LogP contribution in [0.2, 0.25) is 0 Å². The third-order valence-corrected chi connectivity index (χ3v) is 4.77. The third-order valence-electron chi connectivity index (χ3n) is 4.77. The smallest absolute Gasteiger partial charge is 0.258 e. The van der Waals surface area contributed by atoms with Gasteiger partial charge in [0, 0.05) is 36.6 Å². The molecule has 1 amide bonds. The van der Waals surface area contributed by atoms with Crippen LogP contribution in [0.5, 0.6) is 0 Å². The molecule has 0 N–H and O–H groups in total. The first-order chi connectivity index (χ1) is 12.1. The van der Waals surface area contributed by atoms with Gasteiger partial charge in [0.15, 0.2) is 0 Å². The van der Waals surface area contributed by atoms with E-state index in [1.807, 2.05) is 53.4 Å². The molecule has 1 heterocycles. The maximum Gasteiger partial charge on any atom is 0.258 e. The molecule has 0 atom stereocenters. The lowest BCUT2D eigenvalue weighted by Gasteiger charge is -2.23. The third kappa shape index (κ3) is 2.95. The Kier molecular flexibility index (Phi) is 3.88. The van der Waals surface area contributed by atoms with Crippen LogP contribution >= 0.6 is 0 Å². The summed E-state index contributed by atoms with van der Waals surface area (Å²) in [6.45, 7) is 0.599. The van der Waals surface area contributed by atoms with Crippen LogP contribution in [0, 0.1) is 0 Å². The number of pyridine rings is 1. The van der Waals surface area contributed by atoms with Gasteiger partial charge in [0.25, 0.3) is 11.5 Å². The lowest BCUT2D eigenvalue weighted by atomic mass is 10.1. The SMILES string of the molecule is Cn1cc(C(=O)N(Cc2ccccc2)C2CC2)c2ccccc2c1=O. The number of benzene rings is 2. The summed E-state index contributed by atoms with van der Waals surface area (Å²) in [4.78, 5) is 27.6. The van der Waals surface area contributed by atoms with E-state index in [1.54, 1.807) is 19.3 Å². The van der Waals surface area contributed by atoms with Gasteiger partial charge in [-0.3, -0.25) is 9.59 Å². The van der Waals surface area contributed by atoms with Crippen LogP contribution in [-0.4, -0.2) is 21.4 Å². The van der Waals surface area contributed by atoms with E-state index in [0.29, 0.717) is 23.5 Å². The number of nitrogens with zero attached hydrogens (tertiary/aromatic N) is 2. The summed E-state index contributed by atoms with van der Waals surface area (Å²) in [6.07, 6.45) is 3.76. The van der Waals surface area contributed by atoms with Crippen molar-refractivity contribution in [1.82, 2.24) is 9.47 Å². The number of carbonyl (C=O) groups is 1. The highest BCUT2D eigenvalue weighted by atomic mass is 16.2. The van der Waals surface area contributed by atoms with Crippen molar-refractivity contribution in [3.63, 3.8) is 0 Å². The summed E-state index contributed by atoms with van der Waals surface area (Å²) in [5.74, 6) is -0.00171. The zero-order chi connectivity index (χ0) is 17.4. The summed E-state index contributed by atoms with van der Waals surface area (Å²) in [6, 6.07) is 17.7. The van der Waals surface area contributed by atoms with Gasteiger partial charge in [0.2, 0.25) is 0 Å². The highest BCUT2D eigenvalue weighted by molar-refractivity contribution is 6.06. The van der Waals surface area contributed by atoms with E-state index in [-0.39, 0.29) is 11.5 Å². The maximum absolute atomic E-state index is 13.3. The normalized spacial score (nSPS) is 13.8. The van der Waals surface area contributed by atoms with Crippen LogP contribution in [0.25, 0.3) is 10.8 Å². The molecule has 0 saturated heterocycles. The van der Waals surface area contributed by atoms with Crippen molar-refractivity contribution in [2.45, 2.75) is 25.4 Å². The Morgan fingerprint density at radius 1 is 1.04 bits per heavy atom. The Hall–Kier alpha value is -2.88. The topological polar surface area (TPSA) is 42.3 Å². The molecule has 126 valence electrons. The second-order valence-electron chi connectivity index (χ2n) is 6.65. The molecule has 1 saturated carbocycles. The molecule has 3 aromatic rings. The number of carbonyl (C=O) groups excluding carboxylic acids is 1. The quantitative estimate of drug-likeness (QED) is 0.735. The monoisotopic (exact) mass is 332 g/mol. The summed E-state index contributed by atoms with van der Waals surface area (Å²) >= 11 is 0. The highest BCUT2D eigenvalue weighted by Gasteiger charge is 2.33. The largest absolute Gasteiger partial charge is 0.331 e.